The summed E-state index contributed by atoms with van der Waals surface area (Å²) in [6.45, 7) is 6.34. The van der Waals surface area contributed by atoms with Crippen molar-refractivity contribution in [2.45, 2.75) is 25.3 Å². The summed E-state index contributed by atoms with van der Waals surface area (Å²) in [6, 6.07) is 4.69. The van der Waals surface area contributed by atoms with E-state index in [1.807, 2.05) is 13.8 Å². The van der Waals surface area contributed by atoms with Crippen LogP contribution in [0.15, 0.2) is 23.1 Å². The number of rotatable bonds is 9. The third-order valence-corrected chi connectivity index (χ3v) is 4.46. The molecule has 5 nitrogen and oxygen atoms in total. The van der Waals surface area contributed by atoms with Crippen molar-refractivity contribution >= 4 is 21.6 Å². The van der Waals surface area contributed by atoms with Gasteiger partial charge in [-0.2, -0.15) is 0 Å². The maximum Gasteiger partial charge on any atom is 0.240 e. The minimum atomic E-state index is -3.52. The molecule has 1 aromatic carbocycles. The standard InChI is InChI=1S/C13H21ClN2O3S/c1-3-15-10-11-9-12(5-6-13(11)14)20(17,18)16-7-8-19-4-2/h5-6,9,15-16H,3-4,7-8,10H2,1-2H3. The van der Waals surface area contributed by atoms with E-state index in [9.17, 15) is 8.42 Å². The molecular formula is C13H21ClN2O3S. The number of halogens is 1. The van der Waals surface area contributed by atoms with Gasteiger partial charge in [0.1, 0.15) is 0 Å². The quantitative estimate of drug-likeness (QED) is 0.680. The van der Waals surface area contributed by atoms with E-state index in [0.29, 0.717) is 24.8 Å². The summed E-state index contributed by atoms with van der Waals surface area (Å²) in [6.07, 6.45) is 0. The zero-order valence-corrected chi connectivity index (χ0v) is 13.4. The van der Waals surface area contributed by atoms with E-state index in [1.165, 1.54) is 6.07 Å². The smallest absolute Gasteiger partial charge is 0.240 e. The van der Waals surface area contributed by atoms with E-state index in [1.54, 1.807) is 12.1 Å². The van der Waals surface area contributed by atoms with Crippen molar-refractivity contribution in [2.75, 3.05) is 26.3 Å². The lowest BCUT2D eigenvalue weighted by Gasteiger charge is -2.10. The van der Waals surface area contributed by atoms with E-state index in [-0.39, 0.29) is 11.4 Å². The van der Waals surface area contributed by atoms with Gasteiger partial charge in [-0.25, -0.2) is 13.1 Å². The van der Waals surface area contributed by atoms with Crippen molar-refractivity contribution in [2.24, 2.45) is 0 Å². The van der Waals surface area contributed by atoms with E-state index in [2.05, 4.69) is 10.0 Å². The minimum Gasteiger partial charge on any atom is -0.380 e. The van der Waals surface area contributed by atoms with Crippen LogP contribution in [0.4, 0.5) is 0 Å². The van der Waals surface area contributed by atoms with Crippen LogP contribution in [0.3, 0.4) is 0 Å². The van der Waals surface area contributed by atoms with Crippen molar-refractivity contribution in [3.8, 4) is 0 Å². The summed E-state index contributed by atoms with van der Waals surface area (Å²) in [5.41, 5.74) is 0.765. The third-order valence-electron chi connectivity index (χ3n) is 2.64. The van der Waals surface area contributed by atoms with Gasteiger partial charge in [-0.3, -0.25) is 0 Å². The third kappa shape index (κ3) is 5.38. The lowest BCUT2D eigenvalue weighted by atomic mass is 10.2. The van der Waals surface area contributed by atoms with E-state index >= 15 is 0 Å². The summed E-state index contributed by atoms with van der Waals surface area (Å²) in [5, 5.41) is 3.68. The fraction of sp³-hybridized carbons (Fsp3) is 0.538. The molecule has 7 heteroatoms. The summed E-state index contributed by atoms with van der Waals surface area (Å²) in [4.78, 5) is 0.214. The average molecular weight is 321 g/mol. The summed E-state index contributed by atoms with van der Waals surface area (Å²) in [7, 11) is -3.52. The first kappa shape index (κ1) is 17.4. The first-order valence-corrected chi connectivity index (χ1v) is 8.44. The highest BCUT2D eigenvalue weighted by Crippen LogP contribution is 2.20. The van der Waals surface area contributed by atoms with Gasteiger partial charge in [-0.05, 0) is 37.2 Å². The topological polar surface area (TPSA) is 67.4 Å². The molecule has 0 atom stereocenters. The number of hydrogen-bond donors (Lipinski definition) is 2. The van der Waals surface area contributed by atoms with Gasteiger partial charge >= 0.3 is 0 Å². The zero-order chi connectivity index (χ0) is 15.0. The molecule has 0 amide bonds. The molecule has 2 N–H and O–H groups in total. The van der Waals surface area contributed by atoms with Gasteiger partial charge in [0.25, 0.3) is 0 Å². The van der Waals surface area contributed by atoms with Crippen LogP contribution in [0.25, 0.3) is 0 Å². The van der Waals surface area contributed by atoms with Crippen LogP contribution < -0.4 is 10.0 Å². The fourth-order valence-electron chi connectivity index (χ4n) is 1.59. The Morgan fingerprint density at radius 1 is 1.30 bits per heavy atom. The van der Waals surface area contributed by atoms with Gasteiger partial charge in [-0.1, -0.05) is 18.5 Å². The van der Waals surface area contributed by atoms with E-state index in [0.717, 1.165) is 12.1 Å². The van der Waals surface area contributed by atoms with Crippen molar-refractivity contribution in [1.82, 2.24) is 10.0 Å². The van der Waals surface area contributed by atoms with Crippen LogP contribution in [-0.2, 0) is 21.3 Å². The van der Waals surface area contributed by atoms with Crippen LogP contribution in [-0.4, -0.2) is 34.7 Å². The van der Waals surface area contributed by atoms with Gasteiger partial charge in [0, 0.05) is 24.7 Å². The highest BCUT2D eigenvalue weighted by Gasteiger charge is 2.15. The Labute approximate surface area is 125 Å². The maximum atomic E-state index is 12.1. The van der Waals surface area contributed by atoms with Crippen molar-refractivity contribution in [3.05, 3.63) is 28.8 Å². The molecule has 20 heavy (non-hydrogen) atoms. The maximum absolute atomic E-state index is 12.1. The second-order valence-corrected chi connectivity index (χ2v) is 6.30. The van der Waals surface area contributed by atoms with E-state index in [4.69, 9.17) is 16.3 Å². The molecule has 0 spiro atoms. The Kier molecular flexibility index (Phi) is 7.47. The van der Waals surface area contributed by atoms with Gasteiger partial charge < -0.3 is 10.1 Å². The monoisotopic (exact) mass is 320 g/mol. The Morgan fingerprint density at radius 3 is 2.70 bits per heavy atom. The first-order chi connectivity index (χ1) is 9.51. The Bertz CT molecular complexity index is 520. The lowest BCUT2D eigenvalue weighted by Crippen LogP contribution is -2.27. The molecule has 0 fully saturated rings. The second kappa shape index (κ2) is 8.59. The minimum absolute atomic E-state index is 0.214. The fourth-order valence-corrected chi connectivity index (χ4v) is 2.84. The molecule has 0 saturated carbocycles. The Hall–Kier alpha value is -0.660. The molecular weight excluding hydrogens is 300 g/mol. The average Bonchev–Trinajstić information content (AvgIpc) is 2.42. The van der Waals surface area contributed by atoms with Crippen molar-refractivity contribution in [1.29, 1.82) is 0 Å². The number of benzene rings is 1. The molecule has 0 radical (unpaired) electrons. The molecule has 0 aliphatic rings. The van der Waals surface area contributed by atoms with Gasteiger partial charge in [0.15, 0.2) is 0 Å². The van der Waals surface area contributed by atoms with Crippen LogP contribution in [0.2, 0.25) is 5.02 Å². The normalized spacial score (nSPS) is 11.8. The van der Waals surface area contributed by atoms with Gasteiger partial charge in [0.2, 0.25) is 10.0 Å². The summed E-state index contributed by atoms with van der Waals surface area (Å²) >= 11 is 6.05. The highest BCUT2D eigenvalue weighted by molar-refractivity contribution is 7.89. The van der Waals surface area contributed by atoms with Crippen LogP contribution in [0.5, 0.6) is 0 Å². The van der Waals surface area contributed by atoms with Gasteiger partial charge in [0.05, 0.1) is 11.5 Å². The number of nitrogens with one attached hydrogen (secondary N) is 2. The van der Waals surface area contributed by atoms with Gasteiger partial charge in [-0.15, -0.1) is 0 Å². The molecule has 0 saturated heterocycles. The lowest BCUT2D eigenvalue weighted by molar-refractivity contribution is 0.153. The molecule has 0 heterocycles. The zero-order valence-electron chi connectivity index (χ0n) is 11.8. The Morgan fingerprint density at radius 2 is 2.05 bits per heavy atom. The van der Waals surface area contributed by atoms with Crippen molar-refractivity contribution < 1.29 is 13.2 Å². The first-order valence-electron chi connectivity index (χ1n) is 6.57. The summed E-state index contributed by atoms with van der Waals surface area (Å²) in [5.74, 6) is 0. The number of hydrogen-bond acceptors (Lipinski definition) is 4. The van der Waals surface area contributed by atoms with Crippen LogP contribution in [0, 0.1) is 0 Å². The Balaban J connectivity index is 2.78. The van der Waals surface area contributed by atoms with Crippen LogP contribution >= 0.6 is 11.6 Å². The van der Waals surface area contributed by atoms with Crippen LogP contribution in [0.1, 0.15) is 19.4 Å². The highest BCUT2D eigenvalue weighted by atomic mass is 35.5. The molecule has 0 unspecified atom stereocenters. The molecule has 1 rings (SSSR count). The predicted molar refractivity (Wildman–Crippen MR) is 80.5 cm³/mol. The number of sulfonamides is 1. The second-order valence-electron chi connectivity index (χ2n) is 4.13. The molecule has 0 aromatic heterocycles. The SMILES string of the molecule is CCNCc1cc(S(=O)(=O)NCCOCC)ccc1Cl. The van der Waals surface area contributed by atoms with Crippen molar-refractivity contribution in [3.63, 3.8) is 0 Å². The van der Waals surface area contributed by atoms with E-state index < -0.39 is 10.0 Å². The summed E-state index contributed by atoms with van der Waals surface area (Å²) < 4.78 is 31.8. The molecule has 0 aliphatic carbocycles. The molecule has 0 bridgehead atoms. The number of ether oxygens (including phenoxy) is 1. The predicted octanol–water partition coefficient (Wildman–Crippen LogP) is 1.76. The molecule has 1 aromatic rings. The molecule has 0 aliphatic heterocycles. The largest absolute Gasteiger partial charge is 0.380 e. The molecule has 114 valence electrons.